The summed E-state index contributed by atoms with van der Waals surface area (Å²) in [6.45, 7) is 4.33. The minimum absolute atomic E-state index is 0.000976. The van der Waals surface area contributed by atoms with Crippen LogP contribution in [-0.2, 0) is 10.1 Å². The molecule has 0 saturated carbocycles. The number of benzene rings is 2. The molecule has 0 bridgehead atoms. The van der Waals surface area contributed by atoms with Gasteiger partial charge in [0.1, 0.15) is 16.2 Å². The first-order chi connectivity index (χ1) is 12.8. The van der Waals surface area contributed by atoms with Gasteiger partial charge >= 0.3 is 10.1 Å². The molecule has 0 saturated heterocycles. The molecule has 0 radical (unpaired) electrons. The molecule has 1 heterocycles. The van der Waals surface area contributed by atoms with E-state index in [9.17, 15) is 8.42 Å². The molecule has 142 valence electrons. The van der Waals surface area contributed by atoms with Gasteiger partial charge in [-0.05, 0) is 55.3 Å². The van der Waals surface area contributed by atoms with Gasteiger partial charge in [-0.1, -0.05) is 30.1 Å². The number of rotatable bonds is 6. The standard InChI is InChI=1S/C19H17Cl2NO4S/c1-3-9-25-17-7-6-13(10-12(17)2)27(23,24)26-19-16(21)11-15(20)14-5-4-8-22-18(14)19/h4-8,10-11H,3,9H2,1-2H3. The van der Waals surface area contributed by atoms with Crippen LogP contribution in [0.2, 0.25) is 10.0 Å². The van der Waals surface area contributed by atoms with E-state index in [0.717, 1.165) is 6.42 Å². The smallest absolute Gasteiger partial charge is 0.339 e. The highest BCUT2D eigenvalue weighted by Crippen LogP contribution is 2.38. The third-order valence-electron chi connectivity index (χ3n) is 3.84. The van der Waals surface area contributed by atoms with Crippen LogP contribution in [0.15, 0.2) is 47.5 Å². The number of aryl methyl sites for hydroxylation is 1. The van der Waals surface area contributed by atoms with Gasteiger partial charge in [-0.15, -0.1) is 0 Å². The molecule has 1 aromatic heterocycles. The Morgan fingerprint density at radius 1 is 1.11 bits per heavy atom. The van der Waals surface area contributed by atoms with Crippen molar-refractivity contribution in [3.63, 3.8) is 0 Å². The van der Waals surface area contributed by atoms with Crippen LogP contribution in [0.4, 0.5) is 0 Å². The van der Waals surface area contributed by atoms with Crippen molar-refractivity contribution in [2.45, 2.75) is 25.2 Å². The average molecular weight is 426 g/mol. The minimum Gasteiger partial charge on any atom is -0.493 e. The first-order valence-electron chi connectivity index (χ1n) is 8.24. The van der Waals surface area contributed by atoms with Crippen molar-refractivity contribution < 1.29 is 17.3 Å². The van der Waals surface area contributed by atoms with Crippen molar-refractivity contribution in [1.29, 1.82) is 0 Å². The van der Waals surface area contributed by atoms with E-state index in [1.54, 1.807) is 25.1 Å². The molecular formula is C19H17Cl2NO4S. The molecule has 0 aliphatic rings. The molecule has 0 atom stereocenters. The van der Waals surface area contributed by atoms with Crippen LogP contribution in [0.3, 0.4) is 0 Å². The number of hydrogen-bond donors (Lipinski definition) is 0. The van der Waals surface area contributed by atoms with Crippen molar-refractivity contribution in [2.75, 3.05) is 6.61 Å². The van der Waals surface area contributed by atoms with Crippen LogP contribution < -0.4 is 8.92 Å². The van der Waals surface area contributed by atoms with Gasteiger partial charge in [0.05, 0.1) is 16.7 Å². The van der Waals surface area contributed by atoms with Crippen molar-refractivity contribution in [3.05, 3.63) is 58.2 Å². The lowest BCUT2D eigenvalue weighted by atomic mass is 10.2. The molecule has 27 heavy (non-hydrogen) atoms. The van der Waals surface area contributed by atoms with Crippen LogP contribution in [0.1, 0.15) is 18.9 Å². The summed E-state index contributed by atoms with van der Waals surface area (Å²) in [6.07, 6.45) is 2.37. The lowest BCUT2D eigenvalue weighted by Gasteiger charge is -2.13. The first-order valence-corrected chi connectivity index (χ1v) is 10.4. The summed E-state index contributed by atoms with van der Waals surface area (Å²) in [5.74, 6) is 0.577. The average Bonchev–Trinajstić information content (AvgIpc) is 2.64. The number of fused-ring (bicyclic) bond motifs is 1. The third kappa shape index (κ3) is 4.13. The molecular weight excluding hydrogens is 409 g/mol. The summed E-state index contributed by atoms with van der Waals surface area (Å²) < 4.78 is 36.5. The van der Waals surface area contributed by atoms with E-state index in [1.165, 1.54) is 24.4 Å². The molecule has 0 spiro atoms. The predicted octanol–water partition coefficient (Wildman–Crippen LogP) is 5.41. The fourth-order valence-corrected chi connectivity index (χ4v) is 4.18. The second-order valence-electron chi connectivity index (χ2n) is 5.88. The Morgan fingerprint density at radius 3 is 2.59 bits per heavy atom. The molecule has 5 nitrogen and oxygen atoms in total. The van der Waals surface area contributed by atoms with E-state index in [4.69, 9.17) is 32.1 Å². The molecule has 0 aliphatic carbocycles. The molecule has 0 unspecified atom stereocenters. The number of ether oxygens (including phenoxy) is 1. The van der Waals surface area contributed by atoms with Gasteiger partial charge in [-0.3, -0.25) is 4.98 Å². The molecule has 3 aromatic rings. The van der Waals surface area contributed by atoms with Gasteiger partial charge < -0.3 is 8.92 Å². The topological polar surface area (TPSA) is 65.5 Å². The minimum atomic E-state index is -4.12. The van der Waals surface area contributed by atoms with Gasteiger partial charge in [0.25, 0.3) is 0 Å². The van der Waals surface area contributed by atoms with E-state index < -0.39 is 10.1 Å². The molecule has 0 N–H and O–H groups in total. The van der Waals surface area contributed by atoms with Crippen LogP contribution in [0, 0.1) is 6.92 Å². The Morgan fingerprint density at radius 2 is 1.89 bits per heavy atom. The second-order valence-corrected chi connectivity index (χ2v) is 8.24. The largest absolute Gasteiger partial charge is 0.493 e. The molecule has 0 aliphatic heterocycles. The molecule has 8 heteroatoms. The zero-order valence-electron chi connectivity index (χ0n) is 14.7. The fraction of sp³-hybridized carbons (Fsp3) is 0.211. The second kappa shape index (κ2) is 7.92. The molecule has 3 rings (SSSR count). The Balaban J connectivity index is 2.01. The van der Waals surface area contributed by atoms with E-state index in [1.807, 2.05) is 6.92 Å². The first kappa shape index (κ1) is 19.7. The Labute approximate surface area is 168 Å². The fourth-order valence-electron chi connectivity index (χ4n) is 2.54. The monoisotopic (exact) mass is 425 g/mol. The summed E-state index contributed by atoms with van der Waals surface area (Å²) in [5, 5.41) is 0.976. The summed E-state index contributed by atoms with van der Waals surface area (Å²) in [6, 6.07) is 9.39. The van der Waals surface area contributed by atoms with Gasteiger partial charge in [-0.2, -0.15) is 8.42 Å². The summed E-state index contributed by atoms with van der Waals surface area (Å²) >= 11 is 12.3. The zero-order chi connectivity index (χ0) is 19.6. The third-order valence-corrected chi connectivity index (χ3v) is 5.65. The number of halogens is 2. The summed E-state index contributed by atoms with van der Waals surface area (Å²) in [5.41, 5.74) is 0.969. The highest BCUT2D eigenvalue weighted by Gasteiger charge is 2.22. The van der Waals surface area contributed by atoms with Gasteiger partial charge in [0.2, 0.25) is 0 Å². The zero-order valence-corrected chi connectivity index (χ0v) is 17.0. The van der Waals surface area contributed by atoms with E-state index in [0.29, 0.717) is 28.3 Å². The molecule has 0 fully saturated rings. The van der Waals surface area contributed by atoms with Crippen molar-refractivity contribution in [3.8, 4) is 11.5 Å². The SMILES string of the molecule is CCCOc1ccc(S(=O)(=O)Oc2c(Cl)cc(Cl)c3cccnc23)cc1C. The maximum atomic E-state index is 12.8. The lowest BCUT2D eigenvalue weighted by molar-refractivity contribution is 0.315. The maximum absolute atomic E-state index is 12.8. The van der Waals surface area contributed by atoms with Crippen molar-refractivity contribution >= 4 is 44.2 Å². The Hall–Kier alpha value is -2.02. The van der Waals surface area contributed by atoms with Crippen molar-refractivity contribution in [2.24, 2.45) is 0 Å². The number of nitrogens with zero attached hydrogens (tertiary/aromatic N) is 1. The predicted molar refractivity (Wildman–Crippen MR) is 107 cm³/mol. The quantitative estimate of drug-likeness (QED) is 0.494. The van der Waals surface area contributed by atoms with Gasteiger partial charge in [0.15, 0.2) is 5.75 Å². The van der Waals surface area contributed by atoms with Crippen LogP contribution in [0.5, 0.6) is 11.5 Å². The highest BCUT2D eigenvalue weighted by molar-refractivity contribution is 7.87. The Kier molecular flexibility index (Phi) is 5.79. The molecule has 0 amide bonds. The number of hydrogen-bond acceptors (Lipinski definition) is 5. The van der Waals surface area contributed by atoms with E-state index >= 15 is 0 Å². The van der Waals surface area contributed by atoms with Crippen LogP contribution in [-0.4, -0.2) is 20.0 Å². The number of pyridine rings is 1. The van der Waals surface area contributed by atoms with E-state index in [-0.39, 0.29) is 21.2 Å². The van der Waals surface area contributed by atoms with E-state index in [2.05, 4.69) is 4.98 Å². The highest BCUT2D eigenvalue weighted by atomic mass is 35.5. The van der Waals surface area contributed by atoms with Gasteiger partial charge in [0, 0.05) is 11.6 Å². The summed E-state index contributed by atoms with van der Waals surface area (Å²) in [7, 11) is -4.12. The number of aromatic nitrogens is 1. The Bertz CT molecular complexity index is 1100. The van der Waals surface area contributed by atoms with Crippen molar-refractivity contribution in [1.82, 2.24) is 4.98 Å². The lowest BCUT2D eigenvalue weighted by Crippen LogP contribution is -2.11. The summed E-state index contributed by atoms with van der Waals surface area (Å²) in [4.78, 5) is 4.17. The van der Waals surface area contributed by atoms with Crippen LogP contribution in [0.25, 0.3) is 10.9 Å². The molecule has 2 aromatic carbocycles. The maximum Gasteiger partial charge on any atom is 0.339 e. The van der Waals surface area contributed by atoms with Gasteiger partial charge in [-0.25, -0.2) is 0 Å². The van der Waals surface area contributed by atoms with Crippen LogP contribution >= 0.6 is 23.2 Å². The normalized spacial score (nSPS) is 11.6.